The summed E-state index contributed by atoms with van der Waals surface area (Å²) in [6.45, 7) is 6.84. The molecule has 1 amide bonds. The Hall–Kier alpha value is -3.44. The summed E-state index contributed by atoms with van der Waals surface area (Å²) >= 11 is 1.29. The zero-order valence-electron chi connectivity index (χ0n) is 21.4. The molecule has 0 aliphatic rings. The lowest BCUT2D eigenvalue weighted by Crippen LogP contribution is -2.38. The van der Waals surface area contributed by atoms with Crippen LogP contribution in [-0.4, -0.2) is 44.0 Å². The van der Waals surface area contributed by atoms with Crippen LogP contribution in [0, 0.1) is 5.92 Å². The molecule has 3 aromatic heterocycles. The molecule has 4 aromatic rings. The number of carbonyl (C=O) groups excluding carboxylic acids is 1. The fourth-order valence-electron chi connectivity index (χ4n) is 4.18. The third-order valence-electron chi connectivity index (χ3n) is 5.97. The van der Waals surface area contributed by atoms with E-state index in [1.807, 2.05) is 38.1 Å². The van der Waals surface area contributed by atoms with E-state index in [0.29, 0.717) is 22.8 Å². The van der Waals surface area contributed by atoms with Crippen LogP contribution in [0.2, 0.25) is 0 Å². The number of imidazole rings is 1. The number of nitrogens with zero attached hydrogens (tertiary/aromatic N) is 5. The van der Waals surface area contributed by atoms with E-state index in [4.69, 9.17) is 14.6 Å². The van der Waals surface area contributed by atoms with Crippen LogP contribution in [0.3, 0.4) is 0 Å². The van der Waals surface area contributed by atoms with Gasteiger partial charge in [-0.25, -0.2) is 14.6 Å². The van der Waals surface area contributed by atoms with Gasteiger partial charge >= 0.3 is 11.8 Å². The minimum atomic E-state index is -0.772. The predicted octanol–water partition coefficient (Wildman–Crippen LogP) is 3.76. The van der Waals surface area contributed by atoms with E-state index >= 15 is 0 Å². The summed E-state index contributed by atoms with van der Waals surface area (Å²) in [6.07, 6.45) is 0.900. The molecule has 0 radical (unpaired) electrons. The first kappa shape index (κ1) is 25.6. The summed E-state index contributed by atoms with van der Waals surface area (Å²) in [5.41, 5.74) is 0.898. The van der Waals surface area contributed by atoms with Gasteiger partial charge in [0.1, 0.15) is 16.0 Å². The molecule has 10 nitrogen and oxygen atoms in total. The third-order valence-corrected chi connectivity index (χ3v) is 7.15. The molecule has 36 heavy (non-hydrogen) atoms. The van der Waals surface area contributed by atoms with Gasteiger partial charge in [0.25, 0.3) is 5.56 Å². The van der Waals surface area contributed by atoms with Crippen LogP contribution in [0.4, 0.5) is 4.79 Å². The topological polar surface area (TPSA) is 101 Å². The summed E-state index contributed by atoms with van der Waals surface area (Å²) in [7, 11) is 4.21. The number of fused-ring (bicyclic) bond motifs is 2. The SMILES string of the molecule is CCCc1nc2ccccc2n1Cc1sc2c(c1OC(=O)N(C)OC)c(=O)n(C)c(=O)n2CC(C)C. The molecule has 0 saturated carbocycles. The van der Waals surface area contributed by atoms with Crippen molar-refractivity contribution in [3.63, 3.8) is 0 Å². The molecule has 0 saturated heterocycles. The molecule has 0 fully saturated rings. The van der Waals surface area contributed by atoms with Gasteiger partial charge < -0.3 is 9.30 Å². The summed E-state index contributed by atoms with van der Waals surface area (Å²) in [4.78, 5) is 50.0. The van der Waals surface area contributed by atoms with Crippen molar-refractivity contribution >= 4 is 38.7 Å². The Morgan fingerprint density at radius 1 is 1.19 bits per heavy atom. The van der Waals surface area contributed by atoms with E-state index in [2.05, 4.69) is 11.5 Å². The van der Waals surface area contributed by atoms with Gasteiger partial charge in [-0.15, -0.1) is 11.3 Å². The van der Waals surface area contributed by atoms with Crippen LogP contribution in [-0.2, 0) is 31.4 Å². The zero-order chi connectivity index (χ0) is 26.1. The van der Waals surface area contributed by atoms with Gasteiger partial charge in [-0.3, -0.25) is 18.8 Å². The highest BCUT2D eigenvalue weighted by atomic mass is 32.1. The molecule has 1 aromatic carbocycles. The van der Waals surface area contributed by atoms with Crippen LogP contribution in [0.5, 0.6) is 5.75 Å². The number of thiophene rings is 1. The van der Waals surface area contributed by atoms with Crippen molar-refractivity contribution in [1.82, 2.24) is 23.7 Å². The highest BCUT2D eigenvalue weighted by Gasteiger charge is 2.26. The van der Waals surface area contributed by atoms with E-state index in [-0.39, 0.29) is 17.1 Å². The van der Waals surface area contributed by atoms with E-state index in [9.17, 15) is 14.4 Å². The average molecular weight is 514 g/mol. The van der Waals surface area contributed by atoms with Crippen molar-refractivity contribution < 1.29 is 14.4 Å². The Kier molecular flexibility index (Phi) is 7.32. The van der Waals surface area contributed by atoms with Crippen LogP contribution in [0.25, 0.3) is 21.3 Å². The quantitative estimate of drug-likeness (QED) is 0.333. The maximum atomic E-state index is 13.3. The van der Waals surface area contributed by atoms with Gasteiger partial charge in [-0.05, 0) is 24.5 Å². The summed E-state index contributed by atoms with van der Waals surface area (Å²) in [5, 5.41) is 1.15. The van der Waals surface area contributed by atoms with Crippen molar-refractivity contribution in [3.8, 4) is 5.75 Å². The molecule has 0 N–H and O–H groups in total. The smallest absolute Gasteiger partial charge is 0.406 e. The number of para-hydroxylation sites is 2. The second kappa shape index (κ2) is 10.3. The first-order chi connectivity index (χ1) is 17.2. The predicted molar refractivity (Wildman–Crippen MR) is 140 cm³/mol. The Bertz CT molecular complexity index is 1540. The van der Waals surface area contributed by atoms with Crippen molar-refractivity contribution in [1.29, 1.82) is 0 Å². The monoisotopic (exact) mass is 513 g/mol. The van der Waals surface area contributed by atoms with Crippen LogP contribution >= 0.6 is 11.3 Å². The maximum absolute atomic E-state index is 13.3. The summed E-state index contributed by atoms with van der Waals surface area (Å²) in [6, 6.07) is 7.84. The number of hydrogen-bond donors (Lipinski definition) is 0. The van der Waals surface area contributed by atoms with E-state index < -0.39 is 17.3 Å². The van der Waals surface area contributed by atoms with Crippen molar-refractivity contribution in [2.24, 2.45) is 13.0 Å². The minimum absolute atomic E-state index is 0.141. The number of aryl methyl sites for hydroxylation is 1. The van der Waals surface area contributed by atoms with Gasteiger partial charge in [0.15, 0.2) is 5.75 Å². The van der Waals surface area contributed by atoms with Gasteiger partial charge in [-0.1, -0.05) is 32.9 Å². The molecule has 4 rings (SSSR count). The Labute approximate surface area is 212 Å². The van der Waals surface area contributed by atoms with Gasteiger partial charge in [0.2, 0.25) is 0 Å². The number of carbonyl (C=O) groups is 1. The lowest BCUT2D eigenvalue weighted by Gasteiger charge is -2.15. The van der Waals surface area contributed by atoms with E-state index in [1.54, 1.807) is 4.57 Å². The van der Waals surface area contributed by atoms with Gasteiger partial charge in [0, 0.05) is 27.1 Å². The third kappa shape index (κ3) is 4.56. The lowest BCUT2D eigenvalue weighted by molar-refractivity contribution is -0.0789. The van der Waals surface area contributed by atoms with E-state index in [0.717, 1.165) is 39.3 Å². The number of aromatic nitrogens is 4. The van der Waals surface area contributed by atoms with Crippen LogP contribution < -0.4 is 16.0 Å². The average Bonchev–Trinajstić information content (AvgIpc) is 3.38. The number of ether oxygens (including phenoxy) is 1. The Balaban J connectivity index is 2.00. The molecule has 0 aliphatic heterocycles. The maximum Gasteiger partial charge on any atom is 0.439 e. The highest BCUT2D eigenvalue weighted by Crippen LogP contribution is 2.37. The molecular formula is C25H31N5O5S. The molecular weight excluding hydrogens is 482 g/mol. The fraction of sp³-hybridized carbons (Fsp3) is 0.440. The number of benzene rings is 1. The standard InChI is InChI=1S/C25H31N5O5S/c1-7-10-19-26-16-11-8-9-12-17(16)29(19)14-18-21(35-25(33)28(5)34-6)20-22(31)27(4)24(32)30(13-15(2)3)23(20)36-18/h8-9,11-12,15H,7,10,13-14H2,1-6H3. The fourth-order valence-corrected chi connectivity index (χ4v) is 5.38. The molecule has 192 valence electrons. The Morgan fingerprint density at radius 3 is 2.58 bits per heavy atom. The number of hydrogen-bond acceptors (Lipinski definition) is 7. The number of hydroxylamine groups is 2. The second-order valence-corrected chi connectivity index (χ2v) is 10.2. The largest absolute Gasteiger partial charge is 0.439 e. The lowest BCUT2D eigenvalue weighted by atomic mass is 10.2. The second-order valence-electron chi connectivity index (χ2n) is 9.09. The molecule has 3 heterocycles. The normalized spacial score (nSPS) is 11.6. The number of amides is 1. The molecule has 0 bridgehead atoms. The number of rotatable bonds is 8. The summed E-state index contributed by atoms with van der Waals surface area (Å²) < 4.78 is 10.5. The molecule has 0 spiro atoms. The first-order valence-corrected chi connectivity index (χ1v) is 12.7. The molecule has 0 atom stereocenters. The van der Waals surface area contributed by atoms with Crippen molar-refractivity contribution in [3.05, 3.63) is 55.8 Å². The molecule has 11 heteroatoms. The van der Waals surface area contributed by atoms with E-state index in [1.165, 1.54) is 32.5 Å². The van der Waals surface area contributed by atoms with Crippen molar-refractivity contribution in [2.45, 2.75) is 46.7 Å². The van der Waals surface area contributed by atoms with Crippen LogP contribution in [0.15, 0.2) is 33.9 Å². The van der Waals surface area contributed by atoms with Crippen molar-refractivity contribution in [2.75, 3.05) is 14.2 Å². The molecule has 0 aliphatic carbocycles. The first-order valence-electron chi connectivity index (χ1n) is 11.9. The van der Waals surface area contributed by atoms with Gasteiger partial charge in [-0.2, -0.15) is 5.06 Å². The minimum Gasteiger partial charge on any atom is -0.406 e. The zero-order valence-corrected chi connectivity index (χ0v) is 22.2. The molecule has 0 unspecified atom stereocenters. The van der Waals surface area contributed by atoms with Crippen LogP contribution in [0.1, 0.15) is 37.9 Å². The summed E-state index contributed by atoms with van der Waals surface area (Å²) in [5.74, 6) is 1.20. The van der Waals surface area contributed by atoms with Gasteiger partial charge in [0.05, 0.1) is 29.6 Å². The Morgan fingerprint density at radius 2 is 1.92 bits per heavy atom. The highest BCUT2D eigenvalue weighted by molar-refractivity contribution is 7.19.